The van der Waals surface area contributed by atoms with Gasteiger partial charge in [0.25, 0.3) is 0 Å². The van der Waals surface area contributed by atoms with Gasteiger partial charge in [0.15, 0.2) is 12.1 Å². The first-order valence-electron chi connectivity index (χ1n) is 14.3. The third-order valence-corrected chi connectivity index (χ3v) is 8.50. The summed E-state index contributed by atoms with van der Waals surface area (Å²) in [6.07, 6.45) is 26.8. The Morgan fingerprint density at radius 3 is 1.09 bits per heavy atom. The van der Waals surface area contributed by atoms with Gasteiger partial charge in [-0.2, -0.15) is 0 Å². The van der Waals surface area contributed by atoms with Gasteiger partial charge in [-0.3, -0.25) is 0 Å². The molecule has 0 N–H and O–H groups in total. The second-order valence-corrected chi connectivity index (χ2v) is 11.0. The zero-order chi connectivity index (χ0) is 21.8. The topological polar surface area (TPSA) is 30.7 Å². The molecular weight excluding hydrogens is 392 g/mol. The van der Waals surface area contributed by atoms with Crippen molar-refractivity contribution < 1.29 is 9.15 Å². The van der Waals surface area contributed by atoms with Crippen LogP contribution in [0.2, 0.25) is 0 Å². The molecule has 0 amide bonds. The minimum atomic E-state index is 0.517. The zero-order valence-corrected chi connectivity index (χ0v) is 20.7. The second-order valence-electron chi connectivity index (χ2n) is 11.0. The molecule has 0 saturated heterocycles. The molecule has 4 rings (SSSR count). The van der Waals surface area contributed by atoms with E-state index in [-0.39, 0.29) is 0 Å². The molecular formula is C28H48N4+2. The average molecular weight is 441 g/mol. The fraction of sp³-hybridized carbons (Fsp3) is 0.929. The van der Waals surface area contributed by atoms with Crippen LogP contribution in [-0.4, -0.2) is 58.4 Å². The molecule has 0 bridgehead atoms. The second kappa shape index (κ2) is 13.5. The van der Waals surface area contributed by atoms with Crippen LogP contribution < -0.4 is 0 Å². The predicted molar refractivity (Wildman–Crippen MR) is 133 cm³/mol. The lowest BCUT2D eigenvalue weighted by Crippen LogP contribution is -2.37. The zero-order valence-electron chi connectivity index (χ0n) is 20.7. The van der Waals surface area contributed by atoms with Gasteiger partial charge < -0.3 is 0 Å². The van der Waals surface area contributed by atoms with Crippen molar-refractivity contribution in [2.45, 2.75) is 153 Å². The molecule has 4 saturated carbocycles. The molecule has 0 unspecified atom stereocenters. The molecule has 32 heavy (non-hydrogen) atoms. The Morgan fingerprint density at radius 2 is 0.750 bits per heavy atom. The lowest BCUT2D eigenvalue weighted by atomic mass is 9.94. The van der Waals surface area contributed by atoms with Gasteiger partial charge in [0.1, 0.15) is 25.2 Å². The Labute approximate surface area is 197 Å². The van der Waals surface area contributed by atoms with Crippen LogP contribution in [0.3, 0.4) is 0 Å². The Kier molecular flexibility index (Phi) is 10.1. The first kappa shape index (κ1) is 23.9. The van der Waals surface area contributed by atoms with Gasteiger partial charge >= 0.3 is 12.0 Å². The monoisotopic (exact) mass is 440 g/mol. The summed E-state index contributed by atoms with van der Waals surface area (Å²) >= 11 is 0. The van der Waals surface area contributed by atoms with Gasteiger partial charge in [-0.25, -0.2) is 9.15 Å². The maximum Gasteiger partial charge on any atom is 0.307 e. The minimum Gasteiger partial charge on any atom is -0.213 e. The minimum absolute atomic E-state index is 0.517. The Hall–Kier alpha value is -1.24. The van der Waals surface area contributed by atoms with Crippen molar-refractivity contribution in [3.8, 4) is 0 Å². The normalized spacial score (nSPS) is 24.4. The van der Waals surface area contributed by atoms with Gasteiger partial charge in [0.2, 0.25) is 0 Å². The van der Waals surface area contributed by atoms with Gasteiger partial charge in [-0.05, 0) is 113 Å². The summed E-state index contributed by atoms with van der Waals surface area (Å²) in [7, 11) is 0. The largest absolute Gasteiger partial charge is 0.307 e. The van der Waals surface area contributed by atoms with Crippen molar-refractivity contribution in [3.05, 3.63) is 0 Å². The molecule has 0 aliphatic heterocycles. The van der Waals surface area contributed by atoms with Crippen molar-refractivity contribution >= 4 is 12.0 Å². The SMILES string of the molecule is C(=NC1CCCCC1)=[N+](CC[N+](=C=NC1CCCCC1)C1CCCCC1)C1CCCCC1. The quantitative estimate of drug-likeness (QED) is 0.312. The molecule has 178 valence electrons. The van der Waals surface area contributed by atoms with Crippen LogP contribution in [0.5, 0.6) is 0 Å². The molecule has 0 spiro atoms. The molecule has 4 heteroatoms. The van der Waals surface area contributed by atoms with Crippen LogP contribution in [0, 0.1) is 0 Å². The Bertz CT molecular complexity index is 614. The van der Waals surface area contributed by atoms with E-state index in [0.717, 1.165) is 13.1 Å². The van der Waals surface area contributed by atoms with Crippen LogP contribution in [0.4, 0.5) is 0 Å². The van der Waals surface area contributed by atoms with Crippen LogP contribution >= 0.6 is 0 Å². The van der Waals surface area contributed by atoms with E-state index in [1.165, 1.54) is 128 Å². The van der Waals surface area contributed by atoms with Crippen LogP contribution in [0.1, 0.15) is 128 Å². The van der Waals surface area contributed by atoms with Crippen molar-refractivity contribution in [2.75, 3.05) is 13.1 Å². The molecule has 0 radical (unpaired) electrons. The number of rotatable bonds is 7. The van der Waals surface area contributed by atoms with E-state index in [9.17, 15) is 0 Å². The predicted octanol–water partition coefficient (Wildman–Crippen LogP) is 6.69. The summed E-state index contributed by atoms with van der Waals surface area (Å²) in [4.78, 5) is 9.96. The van der Waals surface area contributed by atoms with E-state index in [4.69, 9.17) is 9.98 Å². The number of nitrogens with zero attached hydrogens (tertiary/aromatic N) is 4. The van der Waals surface area contributed by atoms with E-state index in [2.05, 4.69) is 21.2 Å². The maximum atomic E-state index is 4.98. The van der Waals surface area contributed by atoms with E-state index in [1.807, 2.05) is 0 Å². The molecule has 0 aromatic heterocycles. The highest BCUT2D eigenvalue weighted by Crippen LogP contribution is 2.23. The molecule has 0 heterocycles. The van der Waals surface area contributed by atoms with Gasteiger partial charge in [0.05, 0.1) is 0 Å². The van der Waals surface area contributed by atoms with E-state index in [1.54, 1.807) is 0 Å². The van der Waals surface area contributed by atoms with Gasteiger partial charge in [-0.15, -0.1) is 0 Å². The summed E-state index contributed by atoms with van der Waals surface area (Å²) < 4.78 is 5.01. The maximum absolute atomic E-state index is 4.98. The summed E-state index contributed by atoms with van der Waals surface area (Å²) in [5.41, 5.74) is 0. The Morgan fingerprint density at radius 1 is 0.438 bits per heavy atom. The lowest BCUT2D eigenvalue weighted by molar-refractivity contribution is -0.630. The highest BCUT2D eigenvalue weighted by atomic mass is 15.1. The Balaban J connectivity index is 1.48. The molecule has 4 aliphatic rings. The molecule has 0 aromatic rings. The van der Waals surface area contributed by atoms with E-state index >= 15 is 0 Å². The molecule has 0 atom stereocenters. The van der Waals surface area contributed by atoms with E-state index in [0.29, 0.717) is 24.2 Å². The number of hydrogen-bond acceptors (Lipinski definition) is 2. The van der Waals surface area contributed by atoms with Crippen molar-refractivity contribution in [3.63, 3.8) is 0 Å². The number of hydrogen-bond donors (Lipinski definition) is 0. The smallest absolute Gasteiger partial charge is 0.213 e. The standard InChI is InChI=1S/C28H48N4/c1-5-13-25(14-6-1)29-23-31(27-17-9-3-10-18-27)21-22-32(28-19-11-4-12-20-28)24-30-26-15-7-2-8-16-26/h25-28H,1-22H2/q+2. The average Bonchev–Trinajstić information content (AvgIpc) is 2.88. The lowest BCUT2D eigenvalue weighted by Gasteiger charge is -2.23. The molecule has 4 nitrogen and oxygen atoms in total. The first-order chi connectivity index (χ1) is 15.9. The first-order valence-corrected chi connectivity index (χ1v) is 14.3. The van der Waals surface area contributed by atoms with Gasteiger partial charge in [-0.1, -0.05) is 25.7 Å². The van der Waals surface area contributed by atoms with Crippen LogP contribution in [-0.2, 0) is 0 Å². The van der Waals surface area contributed by atoms with E-state index < -0.39 is 0 Å². The van der Waals surface area contributed by atoms with Crippen molar-refractivity contribution in [1.29, 1.82) is 0 Å². The summed E-state index contributed by atoms with van der Waals surface area (Å²) in [5, 5.41) is 0. The van der Waals surface area contributed by atoms with Crippen LogP contribution in [0.25, 0.3) is 0 Å². The highest BCUT2D eigenvalue weighted by molar-refractivity contribution is 5.35. The fourth-order valence-corrected chi connectivity index (χ4v) is 6.36. The fourth-order valence-electron chi connectivity index (χ4n) is 6.36. The molecule has 4 aliphatic carbocycles. The van der Waals surface area contributed by atoms with Crippen LogP contribution in [0.15, 0.2) is 9.98 Å². The summed E-state index contributed by atoms with van der Waals surface area (Å²) in [6.45, 7) is 2.06. The van der Waals surface area contributed by atoms with Crippen molar-refractivity contribution in [1.82, 2.24) is 0 Å². The van der Waals surface area contributed by atoms with Crippen molar-refractivity contribution in [2.24, 2.45) is 9.98 Å². The third-order valence-electron chi connectivity index (χ3n) is 8.50. The molecule has 4 fully saturated rings. The summed E-state index contributed by atoms with van der Waals surface area (Å²) in [6, 6.07) is 9.50. The third kappa shape index (κ3) is 7.67. The summed E-state index contributed by atoms with van der Waals surface area (Å²) in [5.74, 6) is 0. The number of aliphatic imine (C=N–C) groups is 2. The molecule has 0 aromatic carbocycles. The highest BCUT2D eigenvalue weighted by Gasteiger charge is 2.26. The van der Waals surface area contributed by atoms with Gasteiger partial charge in [0, 0.05) is 0 Å².